The van der Waals surface area contributed by atoms with E-state index in [1.807, 2.05) is 0 Å². The zero-order valence-electron chi connectivity index (χ0n) is 17.5. The second-order valence-electron chi connectivity index (χ2n) is 6.49. The monoisotopic (exact) mass is 459 g/mol. The van der Waals surface area contributed by atoms with Gasteiger partial charge in [0.05, 0.1) is 30.4 Å². The minimum Gasteiger partial charge on any atom is -0.479 e. The zero-order chi connectivity index (χ0) is 22.9. The lowest BCUT2D eigenvalue weighted by Crippen LogP contribution is -2.31. The number of halogens is 1. The van der Waals surface area contributed by atoms with Crippen molar-refractivity contribution >= 4 is 34.7 Å². The number of benzene rings is 2. The number of aromatic nitrogens is 2. The molecule has 1 atom stereocenters. The van der Waals surface area contributed by atoms with Crippen LogP contribution in [0.5, 0.6) is 17.4 Å². The molecule has 3 aromatic rings. The molecule has 3 rings (SSSR count). The van der Waals surface area contributed by atoms with Gasteiger partial charge >= 0.3 is 12.1 Å². The van der Waals surface area contributed by atoms with Gasteiger partial charge in [-0.25, -0.2) is 19.6 Å². The normalized spacial score (nSPS) is 11.5. The van der Waals surface area contributed by atoms with E-state index in [1.165, 1.54) is 6.20 Å². The van der Waals surface area contributed by atoms with E-state index in [-0.39, 0.29) is 19.8 Å². The maximum atomic E-state index is 12.0. The van der Waals surface area contributed by atoms with Gasteiger partial charge in [-0.1, -0.05) is 11.6 Å². The van der Waals surface area contributed by atoms with Gasteiger partial charge in [0.1, 0.15) is 18.1 Å². The molecule has 0 saturated carbocycles. The molecule has 0 bridgehead atoms. The fourth-order valence-corrected chi connectivity index (χ4v) is 2.75. The minimum absolute atomic E-state index is 0.0110. The fraction of sp³-hybridized carbons (Fsp3) is 0.273. The molecule has 1 heterocycles. The molecule has 1 amide bonds. The highest BCUT2D eigenvalue weighted by molar-refractivity contribution is 6.31. The molecule has 0 spiro atoms. The van der Waals surface area contributed by atoms with Crippen molar-refractivity contribution in [2.24, 2.45) is 0 Å². The van der Waals surface area contributed by atoms with Crippen molar-refractivity contribution in [3.05, 3.63) is 53.7 Å². The summed E-state index contributed by atoms with van der Waals surface area (Å²) in [7, 11) is 0. The Balaban J connectivity index is 1.48. The maximum Gasteiger partial charge on any atom is 0.407 e. The highest BCUT2D eigenvalue weighted by atomic mass is 35.5. The summed E-state index contributed by atoms with van der Waals surface area (Å²) >= 11 is 5.95. The molecule has 1 aromatic heterocycles. The van der Waals surface area contributed by atoms with Crippen LogP contribution in [0.25, 0.3) is 11.0 Å². The van der Waals surface area contributed by atoms with Gasteiger partial charge in [-0.2, -0.15) is 0 Å². The Morgan fingerprint density at radius 2 is 1.81 bits per heavy atom. The summed E-state index contributed by atoms with van der Waals surface area (Å²) in [6.07, 6.45) is 0.120. The Hall–Kier alpha value is -3.59. The van der Waals surface area contributed by atoms with E-state index >= 15 is 0 Å². The highest BCUT2D eigenvalue weighted by Crippen LogP contribution is 2.25. The summed E-state index contributed by atoms with van der Waals surface area (Å²) in [4.78, 5) is 31.8. The van der Waals surface area contributed by atoms with E-state index in [1.54, 1.807) is 56.3 Å². The smallest absolute Gasteiger partial charge is 0.407 e. The van der Waals surface area contributed by atoms with E-state index in [9.17, 15) is 9.59 Å². The first-order valence-corrected chi connectivity index (χ1v) is 10.3. The molecule has 168 valence electrons. The molecule has 2 aromatic carbocycles. The molecule has 32 heavy (non-hydrogen) atoms. The molecule has 0 aliphatic carbocycles. The highest BCUT2D eigenvalue weighted by Gasteiger charge is 2.16. The quantitative estimate of drug-likeness (QED) is 0.375. The molecule has 0 aliphatic rings. The number of nitrogens with one attached hydrogen (secondary N) is 1. The number of amides is 1. The first kappa shape index (κ1) is 23.1. The van der Waals surface area contributed by atoms with E-state index in [0.717, 1.165) is 0 Å². The first-order valence-electron chi connectivity index (χ1n) is 9.88. The van der Waals surface area contributed by atoms with Crippen LogP contribution in [0.1, 0.15) is 13.8 Å². The number of carbonyl (C=O) groups is 2. The first-order chi connectivity index (χ1) is 15.4. The van der Waals surface area contributed by atoms with Crippen LogP contribution >= 0.6 is 11.6 Å². The van der Waals surface area contributed by atoms with Crippen molar-refractivity contribution < 1.29 is 28.5 Å². The van der Waals surface area contributed by atoms with Crippen LogP contribution in [-0.4, -0.2) is 47.9 Å². The van der Waals surface area contributed by atoms with Crippen LogP contribution in [-0.2, 0) is 14.3 Å². The number of rotatable bonds is 9. The third kappa shape index (κ3) is 6.71. The van der Waals surface area contributed by atoms with Crippen molar-refractivity contribution in [3.63, 3.8) is 0 Å². The van der Waals surface area contributed by atoms with Gasteiger partial charge in [0.15, 0.2) is 6.10 Å². The number of hydrogen-bond donors (Lipinski definition) is 1. The second kappa shape index (κ2) is 11.1. The Morgan fingerprint density at radius 3 is 2.56 bits per heavy atom. The van der Waals surface area contributed by atoms with E-state index in [4.69, 9.17) is 30.5 Å². The molecular weight excluding hydrogens is 438 g/mol. The van der Waals surface area contributed by atoms with Gasteiger partial charge in [-0.05, 0) is 56.3 Å². The lowest BCUT2D eigenvalue weighted by Gasteiger charge is -2.14. The summed E-state index contributed by atoms with van der Waals surface area (Å²) in [5.41, 5.74) is 1.34. The second-order valence-corrected chi connectivity index (χ2v) is 6.93. The van der Waals surface area contributed by atoms with Gasteiger partial charge in [-0.15, -0.1) is 0 Å². The van der Waals surface area contributed by atoms with E-state index in [2.05, 4.69) is 15.3 Å². The number of fused-ring (bicyclic) bond motifs is 1. The standard InChI is InChI=1S/C22H22ClN3O6/c1-3-29-22(28)24-10-11-30-21(27)14(2)31-16-5-7-17(8-6-16)32-20-13-25-19-12-15(23)4-9-18(19)26-20/h4-9,12-14H,3,10-11H2,1-2H3,(H,24,28). The van der Waals surface area contributed by atoms with Crippen LogP contribution in [0.3, 0.4) is 0 Å². The molecule has 0 fully saturated rings. The third-order valence-electron chi connectivity index (χ3n) is 4.06. The van der Waals surface area contributed by atoms with Crippen molar-refractivity contribution in [1.29, 1.82) is 0 Å². The number of alkyl carbamates (subject to hydrolysis) is 1. The average Bonchev–Trinajstić information content (AvgIpc) is 2.78. The molecule has 0 aliphatic heterocycles. The number of esters is 1. The summed E-state index contributed by atoms with van der Waals surface area (Å²) < 4.78 is 21.1. The maximum absolute atomic E-state index is 12.0. The Morgan fingerprint density at radius 1 is 1.06 bits per heavy atom. The molecular formula is C22H22ClN3O6. The molecule has 0 saturated heterocycles. The van der Waals surface area contributed by atoms with Gasteiger partial charge in [-0.3, -0.25) is 0 Å². The SMILES string of the molecule is CCOC(=O)NCCOC(=O)C(C)Oc1ccc(Oc2cnc3cc(Cl)ccc3n2)cc1. The number of ether oxygens (including phenoxy) is 4. The van der Waals surface area contributed by atoms with E-state index in [0.29, 0.717) is 33.4 Å². The number of carbonyl (C=O) groups excluding carboxylic acids is 2. The molecule has 1 N–H and O–H groups in total. The third-order valence-corrected chi connectivity index (χ3v) is 4.30. The van der Waals surface area contributed by atoms with Crippen LogP contribution in [0.15, 0.2) is 48.7 Å². The van der Waals surface area contributed by atoms with Gasteiger partial charge < -0.3 is 24.3 Å². The van der Waals surface area contributed by atoms with Crippen LogP contribution in [0.4, 0.5) is 4.79 Å². The van der Waals surface area contributed by atoms with Crippen molar-refractivity contribution in [2.75, 3.05) is 19.8 Å². The van der Waals surface area contributed by atoms with Gasteiger partial charge in [0.2, 0.25) is 5.88 Å². The predicted octanol–water partition coefficient (Wildman–Crippen LogP) is 4.13. The van der Waals surface area contributed by atoms with Crippen LogP contribution in [0.2, 0.25) is 5.02 Å². The summed E-state index contributed by atoms with van der Waals surface area (Å²) in [5.74, 6) is 0.773. The molecule has 10 heteroatoms. The number of nitrogens with zero attached hydrogens (tertiary/aromatic N) is 2. The summed E-state index contributed by atoms with van der Waals surface area (Å²) in [5, 5.41) is 3.04. The largest absolute Gasteiger partial charge is 0.479 e. The zero-order valence-corrected chi connectivity index (χ0v) is 18.3. The van der Waals surface area contributed by atoms with Crippen molar-refractivity contribution in [1.82, 2.24) is 15.3 Å². The minimum atomic E-state index is -0.831. The molecule has 1 unspecified atom stereocenters. The average molecular weight is 460 g/mol. The Kier molecular flexibility index (Phi) is 8.04. The van der Waals surface area contributed by atoms with Crippen molar-refractivity contribution in [3.8, 4) is 17.4 Å². The molecule has 9 nitrogen and oxygen atoms in total. The number of hydrogen-bond acceptors (Lipinski definition) is 8. The summed E-state index contributed by atoms with van der Waals surface area (Å²) in [6, 6.07) is 11.9. The van der Waals surface area contributed by atoms with Gasteiger partial charge in [0.25, 0.3) is 0 Å². The lowest BCUT2D eigenvalue weighted by molar-refractivity contribution is -0.150. The van der Waals surface area contributed by atoms with Crippen LogP contribution < -0.4 is 14.8 Å². The van der Waals surface area contributed by atoms with Crippen molar-refractivity contribution in [2.45, 2.75) is 20.0 Å². The molecule has 0 radical (unpaired) electrons. The Labute approximate surface area is 189 Å². The van der Waals surface area contributed by atoms with Gasteiger partial charge in [0, 0.05) is 5.02 Å². The Bertz CT molecular complexity index is 1080. The summed E-state index contributed by atoms with van der Waals surface area (Å²) in [6.45, 7) is 3.70. The van der Waals surface area contributed by atoms with Crippen LogP contribution in [0, 0.1) is 0 Å². The van der Waals surface area contributed by atoms with E-state index < -0.39 is 18.2 Å². The lowest BCUT2D eigenvalue weighted by atomic mass is 10.3. The fourth-order valence-electron chi connectivity index (χ4n) is 2.58. The predicted molar refractivity (Wildman–Crippen MR) is 117 cm³/mol. The topological polar surface area (TPSA) is 109 Å².